The number of amides is 2. The molecule has 0 saturated heterocycles. The predicted molar refractivity (Wildman–Crippen MR) is 111 cm³/mol. The average molecular weight is 402 g/mol. The van der Waals surface area contributed by atoms with Crippen molar-refractivity contribution in [2.45, 2.75) is 13.1 Å². The molecule has 0 saturated carbocycles. The zero-order valence-corrected chi connectivity index (χ0v) is 15.8. The van der Waals surface area contributed by atoms with Gasteiger partial charge in [-0.25, -0.2) is 0 Å². The summed E-state index contributed by atoms with van der Waals surface area (Å²) >= 11 is 0. The Bertz CT molecular complexity index is 1260. The molecule has 0 aliphatic heterocycles. The van der Waals surface area contributed by atoms with Gasteiger partial charge in [-0.15, -0.1) is 0 Å². The Hall–Kier alpha value is -4.27. The highest BCUT2D eigenvalue weighted by atomic mass is 16.2. The number of nitrogens with one attached hydrogen (secondary N) is 3. The molecule has 0 aliphatic carbocycles. The first-order chi connectivity index (χ1) is 14.6. The molecule has 0 spiro atoms. The summed E-state index contributed by atoms with van der Waals surface area (Å²) in [5.74, 6) is -0.790. The molecule has 3 N–H and O–H groups in total. The summed E-state index contributed by atoms with van der Waals surface area (Å²) in [6, 6.07) is 15.7. The summed E-state index contributed by atoms with van der Waals surface area (Å²) in [5.41, 5.74) is 1.30. The van der Waals surface area contributed by atoms with Gasteiger partial charge >= 0.3 is 0 Å². The van der Waals surface area contributed by atoms with Gasteiger partial charge in [-0.1, -0.05) is 24.3 Å². The number of hydrogen-bond acceptors (Lipinski definition) is 5. The van der Waals surface area contributed by atoms with Crippen LogP contribution in [0.25, 0.3) is 10.9 Å². The van der Waals surface area contributed by atoms with Crippen molar-refractivity contribution in [3.8, 4) is 0 Å². The SMILES string of the molecule is O=C(Cn1cccn1)Nc1cccc(CNC(=O)c2n[nH]c3ccccc3c2=O)c1. The molecule has 30 heavy (non-hydrogen) atoms. The maximum absolute atomic E-state index is 12.5. The van der Waals surface area contributed by atoms with Crippen LogP contribution in [-0.2, 0) is 17.9 Å². The predicted octanol–water partition coefficient (Wildman–Crippen LogP) is 1.69. The van der Waals surface area contributed by atoms with Gasteiger partial charge in [0.2, 0.25) is 11.3 Å². The van der Waals surface area contributed by atoms with Gasteiger partial charge in [-0.05, 0) is 35.9 Å². The number of rotatable bonds is 6. The van der Waals surface area contributed by atoms with Crippen LogP contribution in [0.2, 0.25) is 0 Å². The molecule has 0 fully saturated rings. The van der Waals surface area contributed by atoms with Crippen LogP contribution >= 0.6 is 0 Å². The van der Waals surface area contributed by atoms with Crippen molar-refractivity contribution in [3.05, 3.63) is 88.5 Å². The van der Waals surface area contributed by atoms with Crippen LogP contribution in [0, 0.1) is 0 Å². The van der Waals surface area contributed by atoms with Crippen molar-refractivity contribution in [1.29, 1.82) is 0 Å². The molecule has 0 radical (unpaired) electrons. The van der Waals surface area contributed by atoms with Crippen molar-refractivity contribution in [1.82, 2.24) is 25.3 Å². The minimum absolute atomic E-state index is 0.102. The van der Waals surface area contributed by atoms with Gasteiger partial charge in [0, 0.05) is 30.0 Å². The van der Waals surface area contributed by atoms with Gasteiger partial charge in [-0.3, -0.25) is 24.2 Å². The fourth-order valence-corrected chi connectivity index (χ4v) is 2.99. The van der Waals surface area contributed by atoms with Gasteiger partial charge in [0.25, 0.3) is 5.91 Å². The number of aromatic amines is 1. The maximum atomic E-state index is 12.5. The lowest BCUT2D eigenvalue weighted by molar-refractivity contribution is -0.116. The number of aromatic nitrogens is 4. The summed E-state index contributed by atoms with van der Waals surface area (Å²) in [4.78, 5) is 37.0. The zero-order chi connectivity index (χ0) is 20.9. The van der Waals surface area contributed by atoms with E-state index in [1.807, 2.05) is 6.07 Å². The zero-order valence-electron chi connectivity index (χ0n) is 15.8. The molecule has 0 bridgehead atoms. The third-order valence-corrected chi connectivity index (χ3v) is 4.42. The highest BCUT2D eigenvalue weighted by Gasteiger charge is 2.14. The lowest BCUT2D eigenvalue weighted by Crippen LogP contribution is -2.30. The Kier molecular flexibility index (Phi) is 5.33. The van der Waals surface area contributed by atoms with Crippen molar-refractivity contribution < 1.29 is 9.59 Å². The van der Waals surface area contributed by atoms with E-state index in [4.69, 9.17) is 0 Å². The second kappa shape index (κ2) is 8.39. The van der Waals surface area contributed by atoms with Gasteiger partial charge in [0.05, 0.1) is 5.52 Å². The van der Waals surface area contributed by atoms with Crippen LogP contribution in [0.3, 0.4) is 0 Å². The van der Waals surface area contributed by atoms with E-state index >= 15 is 0 Å². The van der Waals surface area contributed by atoms with E-state index in [0.29, 0.717) is 16.6 Å². The van der Waals surface area contributed by atoms with Gasteiger partial charge in [0.15, 0.2) is 5.69 Å². The van der Waals surface area contributed by atoms with Gasteiger partial charge < -0.3 is 10.6 Å². The van der Waals surface area contributed by atoms with Crippen molar-refractivity contribution in [2.75, 3.05) is 5.32 Å². The van der Waals surface area contributed by atoms with E-state index in [9.17, 15) is 14.4 Å². The van der Waals surface area contributed by atoms with E-state index in [-0.39, 0.29) is 24.7 Å². The fourth-order valence-electron chi connectivity index (χ4n) is 2.99. The molecule has 4 rings (SSSR count). The summed E-state index contributed by atoms with van der Waals surface area (Å²) < 4.78 is 1.52. The molecular weight excluding hydrogens is 384 g/mol. The summed E-state index contributed by atoms with van der Waals surface area (Å²) in [5, 5.41) is 16.5. The molecule has 2 amide bonds. The van der Waals surface area contributed by atoms with Crippen molar-refractivity contribution >= 4 is 28.4 Å². The maximum Gasteiger partial charge on any atom is 0.276 e. The molecule has 2 aromatic carbocycles. The highest BCUT2D eigenvalue weighted by Crippen LogP contribution is 2.11. The Morgan fingerprint density at radius 2 is 1.93 bits per heavy atom. The fraction of sp³-hybridized carbons (Fsp3) is 0.0952. The molecule has 2 heterocycles. The Morgan fingerprint density at radius 3 is 2.77 bits per heavy atom. The van der Waals surface area contributed by atoms with Crippen molar-refractivity contribution in [3.63, 3.8) is 0 Å². The number of benzene rings is 2. The van der Waals surface area contributed by atoms with E-state index in [1.54, 1.807) is 60.9 Å². The van der Waals surface area contributed by atoms with Gasteiger partial charge in [0.1, 0.15) is 6.54 Å². The van der Waals surface area contributed by atoms with Gasteiger partial charge in [-0.2, -0.15) is 10.2 Å². The number of carbonyl (C=O) groups excluding carboxylic acids is 2. The summed E-state index contributed by atoms with van der Waals surface area (Å²) in [6.07, 6.45) is 3.31. The Morgan fingerprint density at radius 1 is 1.07 bits per heavy atom. The van der Waals surface area contributed by atoms with Crippen LogP contribution < -0.4 is 16.1 Å². The molecule has 0 unspecified atom stereocenters. The molecule has 2 aromatic heterocycles. The molecule has 9 nitrogen and oxygen atoms in total. The summed E-state index contributed by atoms with van der Waals surface area (Å²) in [6.45, 7) is 0.278. The topological polar surface area (TPSA) is 122 Å². The first kappa shape index (κ1) is 19.1. The lowest BCUT2D eigenvalue weighted by Gasteiger charge is -2.09. The minimum atomic E-state index is -0.574. The monoisotopic (exact) mass is 402 g/mol. The highest BCUT2D eigenvalue weighted by molar-refractivity contribution is 5.95. The molecule has 0 atom stereocenters. The molecule has 9 heteroatoms. The largest absolute Gasteiger partial charge is 0.346 e. The number of carbonyl (C=O) groups is 2. The second-order valence-electron chi connectivity index (χ2n) is 6.58. The van der Waals surface area contributed by atoms with Crippen LogP contribution in [-0.4, -0.2) is 31.8 Å². The van der Waals surface area contributed by atoms with E-state index < -0.39 is 11.3 Å². The quantitative estimate of drug-likeness (QED) is 0.453. The number of H-pyrrole nitrogens is 1. The normalized spacial score (nSPS) is 10.7. The second-order valence-corrected chi connectivity index (χ2v) is 6.58. The Balaban J connectivity index is 1.41. The van der Waals surface area contributed by atoms with Crippen LogP contribution in [0.4, 0.5) is 5.69 Å². The molecular formula is C21H18N6O3. The van der Waals surface area contributed by atoms with Crippen molar-refractivity contribution in [2.24, 2.45) is 0 Å². The third kappa shape index (κ3) is 4.25. The lowest BCUT2D eigenvalue weighted by atomic mass is 10.2. The molecule has 0 aliphatic rings. The van der Waals surface area contributed by atoms with E-state index in [1.165, 1.54) is 4.68 Å². The number of nitrogens with zero attached hydrogens (tertiary/aromatic N) is 3. The molecule has 4 aromatic rings. The van der Waals surface area contributed by atoms with Crippen LogP contribution in [0.1, 0.15) is 16.1 Å². The Labute approximate surface area is 170 Å². The number of para-hydroxylation sites is 1. The number of hydrogen-bond donors (Lipinski definition) is 3. The number of fused-ring (bicyclic) bond motifs is 1. The number of anilines is 1. The summed E-state index contributed by atoms with van der Waals surface area (Å²) in [7, 11) is 0. The minimum Gasteiger partial charge on any atom is -0.346 e. The first-order valence-electron chi connectivity index (χ1n) is 9.22. The smallest absolute Gasteiger partial charge is 0.276 e. The first-order valence-corrected chi connectivity index (χ1v) is 9.22. The average Bonchev–Trinajstić information content (AvgIpc) is 3.25. The molecule has 150 valence electrons. The van der Waals surface area contributed by atoms with Crippen LogP contribution in [0.15, 0.2) is 71.8 Å². The van der Waals surface area contributed by atoms with E-state index in [2.05, 4.69) is 25.9 Å². The third-order valence-electron chi connectivity index (χ3n) is 4.42. The standard InChI is InChI=1S/C21H18N6O3/c28-18(13-27-10-4-9-23-27)24-15-6-3-5-14(11-15)12-22-21(30)19-20(29)16-7-1-2-8-17(16)25-26-19/h1-11H,12-13H2,(H,22,30)(H,24,28)(H,25,29). The van der Waals surface area contributed by atoms with E-state index in [0.717, 1.165) is 5.56 Å². The van der Waals surface area contributed by atoms with Crippen LogP contribution in [0.5, 0.6) is 0 Å².